The van der Waals surface area contributed by atoms with Crippen LogP contribution < -0.4 is 7.39 Å². The Kier molecular flexibility index (Phi) is 10.9. The molecular weight excluding hydrogens is 501 g/mol. The summed E-state index contributed by atoms with van der Waals surface area (Å²) < 4.78 is 39.0. The standard InChI is InChI=1S/C7H3ClF3.C7H7S.2BrH.2Mg/c8-6-4-2-1-3-5(6)7(9,10)11;1-8-7-5-3-2-4-6-7;;;;/h2-4H;2-3,5-6H,1H3;2*1H;;/q;;;;2*+1/p-2. The topological polar surface area (TPSA) is 0 Å². The number of benzene rings is 2. The maximum atomic E-state index is 12.3. The predicted molar refractivity (Wildman–Crippen MR) is 103 cm³/mol. The maximum Gasteiger partial charge on any atom is 0.506 e. The molecule has 0 fully saturated rings. The highest BCUT2D eigenvalue weighted by Crippen LogP contribution is 2.33. The van der Waals surface area contributed by atoms with Gasteiger partial charge in [0.05, 0.1) is 10.6 Å². The molecule has 0 amide bonds. The summed E-state index contributed by atoms with van der Waals surface area (Å²) in [6.45, 7) is 0. The molecule has 2 aromatic carbocycles. The third-order valence-corrected chi connectivity index (χ3v) is 9.22. The van der Waals surface area contributed by atoms with E-state index in [4.69, 9.17) is 11.6 Å². The van der Waals surface area contributed by atoms with Crippen LogP contribution in [-0.4, -0.2) is 42.6 Å². The molecule has 0 aromatic heterocycles. The summed E-state index contributed by atoms with van der Waals surface area (Å²) >= 11 is 13.1. The molecule has 2 aromatic rings. The van der Waals surface area contributed by atoms with Crippen LogP contribution in [-0.2, 0) is 6.18 Å². The van der Waals surface area contributed by atoms with Crippen molar-refractivity contribution in [2.24, 2.45) is 0 Å². The van der Waals surface area contributed by atoms with Crippen molar-refractivity contribution in [1.82, 2.24) is 0 Å². The SMILES string of the molecule is CSc1ccc[c]([Mg][Br])c1.FC(F)(F)c1c[c]([Mg][Br])ccc1Cl. The Balaban J connectivity index is 0.000000238. The van der Waals surface area contributed by atoms with Gasteiger partial charge in [-0.3, -0.25) is 25.8 Å². The van der Waals surface area contributed by atoms with Crippen LogP contribution in [0.25, 0.3) is 0 Å². The van der Waals surface area contributed by atoms with Gasteiger partial charge in [-0.25, -0.2) is 0 Å². The number of hydrogen-bond acceptors (Lipinski definition) is 1. The van der Waals surface area contributed by atoms with Crippen LogP contribution >= 0.6 is 49.1 Å². The molecule has 0 aliphatic heterocycles. The zero-order valence-electron chi connectivity index (χ0n) is 12.1. The van der Waals surface area contributed by atoms with Crippen molar-refractivity contribution in [3.63, 3.8) is 0 Å². The van der Waals surface area contributed by atoms with Gasteiger partial charge in [0.15, 0.2) is 0 Å². The lowest BCUT2D eigenvalue weighted by Crippen LogP contribution is -2.14. The Labute approximate surface area is 174 Å². The minimum atomic E-state index is -4.36. The molecule has 0 bridgehead atoms. The molecule has 23 heavy (non-hydrogen) atoms. The first-order valence-electron chi connectivity index (χ1n) is 6.42. The summed E-state index contributed by atoms with van der Waals surface area (Å²) in [5.74, 6) is 0. The van der Waals surface area contributed by atoms with Crippen LogP contribution in [0.1, 0.15) is 5.56 Å². The second kappa shape index (κ2) is 11.2. The predicted octanol–water partition coefficient (Wildman–Crippen LogP) is 5.05. The van der Waals surface area contributed by atoms with Crippen LogP contribution in [0, 0.1) is 0 Å². The summed E-state index contributed by atoms with van der Waals surface area (Å²) in [6.07, 6.45) is -2.25. The first kappa shape index (κ1) is 22.4. The maximum absolute atomic E-state index is 12.3. The van der Waals surface area contributed by atoms with Gasteiger partial charge in [-0.15, -0.1) is 11.8 Å². The van der Waals surface area contributed by atoms with Gasteiger partial charge in [0.25, 0.3) is 0 Å². The zero-order chi connectivity index (χ0) is 17.5. The van der Waals surface area contributed by atoms with Gasteiger partial charge in [-0.05, 0) is 18.4 Å². The molecule has 0 N–H and O–H groups in total. The lowest BCUT2D eigenvalue weighted by atomic mass is 10.2. The molecule has 0 radical (unpaired) electrons. The molecule has 0 saturated heterocycles. The summed E-state index contributed by atoms with van der Waals surface area (Å²) in [4.78, 5) is 1.37. The third-order valence-electron chi connectivity index (χ3n) is 2.78. The fourth-order valence-electron chi connectivity index (χ4n) is 1.63. The summed E-state index contributed by atoms with van der Waals surface area (Å²) in [6, 6.07) is 12.7. The molecule has 9 heteroatoms. The smallest absolute Gasteiger partial charge is 0.296 e. The fourth-order valence-corrected chi connectivity index (χ4v) is 5.59. The normalized spacial score (nSPS) is 10.2. The van der Waals surface area contributed by atoms with Gasteiger partial charge < -0.3 is 0 Å². The molecule has 0 saturated carbocycles. The van der Waals surface area contributed by atoms with E-state index in [2.05, 4.69) is 56.3 Å². The lowest BCUT2D eigenvalue weighted by molar-refractivity contribution is -0.137. The number of rotatable bonds is 3. The number of halogens is 6. The monoisotopic (exact) mass is 508 g/mol. The number of thioether (sulfide) groups is 1. The lowest BCUT2D eigenvalue weighted by Gasteiger charge is -2.09. The van der Waals surface area contributed by atoms with Crippen molar-refractivity contribution >= 4 is 92.9 Å². The van der Waals surface area contributed by atoms with Gasteiger partial charge in [0, 0.05) is 4.90 Å². The van der Waals surface area contributed by atoms with Crippen LogP contribution in [0.4, 0.5) is 13.2 Å². The van der Waals surface area contributed by atoms with Crippen LogP contribution in [0.3, 0.4) is 0 Å². The van der Waals surface area contributed by atoms with Gasteiger partial charge in [-0.1, -0.05) is 41.9 Å². The molecule has 0 spiro atoms. The van der Waals surface area contributed by atoms with Gasteiger partial charge >= 0.3 is 42.6 Å². The summed E-state index contributed by atoms with van der Waals surface area (Å²) in [5.41, 5.74) is -0.751. The van der Waals surface area contributed by atoms with E-state index >= 15 is 0 Å². The molecular formula is C14H10Br2ClF3Mg2S. The minimum absolute atomic E-state index is 0.140. The van der Waals surface area contributed by atoms with Crippen molar-refractivity contribution in [1.29, 1.82) is 0 Å². The fraction of sp³-hybridized carbons (Fsp3) is 0.143. The van der Waals surface area contributed by atoms with Crippen LogP contribution in [0.5, 0.6) is 0 Å². The largest absolute Gasteiger partial charge is 0.506 e. The molecule has 0 nitrogen and oxygen atoms in total. The molecule has 0 atom stereocenters. The second-order valence-electron chi connectivity index (χ2n) is 4.43. The Morgan fingerprint density at radius 1 is 1.00 bits per heavy atom. The average Bonchev–Trinajstić information content (AvgIpc) is 2.55. The van der Waals surface area contributed by atoms with Crippen LogP contribution in [0.2, 0.25) is 5.02 Å². The van der Waals surface area contributed by atoms with Crippen molar-refractivity contribution in [2.45, 2.75) is 11.1 Å². The van der Waals surface area contributed by atoms with Gasteiger partial charge in [0.2, 0.25) is 0 Å². The number of hydrogen-bond donors (Lipinski definition) is 0. The molecule has 118 valence electrons. The Bertz CT molecular complexity index is 622. The average molecular weight is 511 g/mol. The highest BCUT2D eigenvalue weighted by Gasteiger charge is 2.33. The molecule has 0 heterocycles. The molecule has 2 rings (SSSR count). The van der Waals surface area contributed by atoms with Crippen LogP contribution in [0.15, 0.2) is 47.4 Å². The van der Waals surface area contributed by atoms with Crippen molar-refractivity contribution in [3.05, 3.63) is 53.1 Å². The molecule has 0 aliphatic carbocycles. The quantitative estimate of drug-likeness (QED) is 0.411. The van der Waals surface area contributed by atoms with E-state index in [0.29, 0.717) is 3.69 Å². The zero-order valence-corrected chi connectivity index (χ0v) is 19.7. The highest BCUT2D eigenvalue weighted by molar-refractivity contribution is 9.23. The molecule has 0 unspecified atom stereocenters. The number of alkyl halides is 3. The van der Waals surface area contributed by atoms with Crippen molar-refractivity contribution in [3.8, 4) is 0 Å². The Morgan fingerprint density at radius 3 is 2.13 bits per heavy atom. The third kappa shape index (κ3) is 8.06. The first-order chi connectivity index (χ1) is 10.8. The first-order valence-corrected chi connectivity index (χ1v) is 17.2. The highest BCUT2D eigenvalue weighted by atomic mass is 79.9. The second-order valence-corrected chi connectivity index (χ2v) is 11.2. The van der Waals surface area contributed by atoms with E-state index in [0.717, 1.165) is 6.07 Å². The van der Waals surface area contributed by atoms with Crippen molar-refractivity contribution in [2.75, 3.05) is 6.26 Å². The van der Waals surface area contributed by atoms with E-state index in [-0.39, 0.29) is 23.2 Å². The molecule has 0 aliphatic rings. The minimum Gasteiger partial charge on any atom is -0.296 e. The van der Waals surface area contributed by atoms with E-state index in [9.17, 15) is 13.2 Å². The van der Waals surface area contributed by atoms with Crippen molar-refractivity contribution < 1.29 is 13.2 Å². The summed E-state index contributed by atoms with van der Waals surface area (Å²) in [7, 11) is 0. The Hall–Kier alpha value is 1.36. The Morgan fingerprint density at radius 2 is 1.61 bits per heavy atom. The van der Waals surface area contributed by atoms with E-state index in [1.54, 1.807) is 17.8 Å². The van der Waals surface area contributed by atoms with Gasteiger partial charge in [0.1, 0.15) is 0 Å². The van der Waals surface area contributed by atoms with E-state index in [1.807, 2.05) is 0 Å². The van der Waals surface area contributed by atoms with E-state index in [1.165, 1.54) is 14.7 Å². The van der Waals surface area contributed by atoms with E-state index < -0.39 is 29.9 Å². The summed E-state index contributed by atoms with van der Waals surface area (Å²) in [5, 5.41) is -0.244. The van der Waals surface area contributed by atoms with Gasteiger partial charge in [-0.2, -0.15) is 20.6 Å².